The molecule has 5 nitrogen and oxygen atoms in total. The second-order valence-electron chi connectivity index (χ2n) is 6.66. The van der Waals surface area contributed by atoms with Gasteiger partial charge < -0.3 is 10.6 Å². The molecule has 2 N–H and O–H groups in total. The summed E-state index contributed by atoms with van der Waals surface area (Å²) in [4.78, 5) is 21.5. The fraction of sp³-hybridized carbons (Fsp3) is 0.0417. The zero-order chi connectivity index (χ0) is 20.1. The maximum Gasteiger partial charge on any atom is 0.255 e. The zero-order valence-electron chi connectivity index (χ0n) is 16.0. The minimum atomic E-state index is -0.162. The van der Waals surface area contributed by atoms with Crippen molar-refractivity contribution in [2.45, 2.75) is 6.92 Å². The number of carbonyl (C=O) groups excluding carboxylic acids is 1. The van der Waals surface area contributed by atoms with Crippen LogP contribution < -0.4 is 10.6 Å². The van der Waals surface area contributed by atoms with Gasteiger partial charge >= 0.3 is 0 Å². The molecule has 5 heteroatoms. The van der Waals surface area contributed by atoms with Crippen molar-refractivity contribution in [3.05, 3.63) is 102 Å². The van der Waals surface area contributed by atoms with Crippen LogP contribution >= 0.6 is 0 Å². The quantitative estimate of drug-likeness (QED) is 0.483. The summed E-state index contributed by atoms with van der Waals surface area (Å²) < 4.78 is 0. The molecule has 0 bridgehead atoms. The Hall–Kier alpha value is -3.99. The summed E-state index contributed by atoms with van der Waals surface area (Å²) >= 11 is 0. The summed E-state index contributed by atoms with van der Waals surface area (Å²) in [5.41, 5.74) is 4.20. The molecular formula is C24H20N4O. The van der Waals surface area contributed by atoms with Gasteiger partial charge in [0.1, 0.15) is 5.82 Å². The summed E-state index contributed by atoms with van der Waals surface area (Å²) in [6.07, 6.45) is 1.71. The number of nitrogens with zero attached hydrogens (tertiary/aromatic N) is 2. The molecular weight excluding hydrogens is 360 g/mol. The Morgan fingerprint density at radius 2 is 1.62 bits per heavy atom. The van der Waals surface area contributed by atoms with Crippen LogP contribution in [0.3, 0.4) is 0 Å². The highest BCUT2D eigenvalue weighted by atomic mass is 16.1. The first-order chi connectivity index (χ1) is 14.2. The average molecular weight is 380 g/mol. The van der Waals surface area contributed by atoms with Crippen LogP contribution in [-0.4, -0.2) is 15.9 Å². The maximum atomic E-state index is 12.6. The van der Waals surface area contributed by atoms with Crippen molar-refractivity contribution in [2.24, 2.45) is 0 Å². The number of benzene rings is 3. The fourth-order valence-electron chi connectivity index (χ4n) is 2.88. The van der Waals surface area contributed by atoms with Crippen LogP contribution in [0.4, 0.5) is 17.2 Å². The first-order valence-electron chi connectivity index (χ1n) is 9.31. The lowest BCUT2D eigenvalue weighted by atomic mass is 10.1. The van der Waals surface area contributed by atoms with Gasteiger partial charge in [-0.25, -0.2) is 9.97 Å². The average Bonchev–Trinajstić information content (AvgIpc) is 2.76. The third-order valence-electron chi connectivity index (χ3n) is 4.39. The number of anilines is 3. The van der Waals surface area contributed by atoms with Crippen LogP contribution in [0, 0.1) is 6.92 Å². The van der Waals surface area contributed by atoms with Crippen LogP contribution in [0.2, 0.25) is 0 Å². The number of hydrogen-bond acceptors (Lipinski definition) is 4. The van der Waals surface area contributed by atoms with Gasteiger partial charge in [0, 0.05) is 28.7 Å². The van der Waals surface area contributed by atoms with Crippen LogP contribution in [-0.2, 0) is 0 Å². The zero-order valence-corrected chi connectivity index (χ0v) is 16.0. The topological polar surface area (TPSA) is 66.9 Å². The Kier molecular flexibility index (Phi) is 5.29. The number of hydrogen-bond donors (Lipinski definition) is 2. The SMILES string of the molecule is Cc1ccc(NC(=O)c2cccc(Nc3ccnc(-c4ccccc4)n3)c2)cc1. The lowest BCUT2D eigenvalue weighted by Gasteiger charge is -2.10. The predicted molar refractivity (Wildman–Crippen MR) is 116 cm³/mol. The molecule has 0 aliphatic rings. The van der Waals surface area contributed by atoms with Crippen molar-refractivity contribution >= 4 is 23.1 Å². The fourth-order valence-corrected chi connectivity index (χ4v) is 2.88. The van der Waals surface area contributed by atoms with Crippen LogP contribution in [0.25, 0.3) is 11.4 Å². The number of rotatable bonds is 5. The van der Waals surface area contributed by atoms with E-state index < -0.39 is 0 Å². The van der Waals surface area contributed by atoms with Gasteiger partial charge in [-0.3, -0.25) is 4.79 Å². The summed E-state index contributed by atoms with van der Waals surface area (Å²) in [6.45, 7) is 2.01. The van der Waals surface area contributed by atoms with Crippen molar-refractivity contribution in [1.82, 2.24) is 9.97 Å². The monoisotopic (exact) mass is 380 g/mol. The van der Waals surface area contributed by atoms with E-state index in [2.05, 4.69) is 20.6 Å². The lowest BCUT2D eigenvalue weighted by molar-refractivity contribution is 0.102. The Labute approximate surface area is 169 Å². The van der Waals surface area contributed by atoms with Gasteiger partial charge in [0.25, 0.3) is 5.91 Å². The van der Waals surface area contributed by atoms with E-state index in [0.29, 0.717) is 17.2 Å². The molecule has 0 fully saturated rings. The molecule has 4 aromatic rings. The van der Waals surface area contributed by atoms with Crippen molar-refractivity contribution in [2.75, 3.05) is 10.6 Å². The van der Waals surface area contributed by atoms with Crippen LogP contribution in [0.1, 0.15) is 15.9 Å². The maximum absolute atomic E-state index is 12.6. The summed E-state index contributed by atoms with van der Waals surface area (Å²) in [5, 5.41) is 6.16. The molecule has 0 unspecified atom stereocenters. The molecule has 1 amide bonds. The first-order valence-corrected chi connectivity index (χ1v) is 9.31. The lowest BCUT2D eigenvalue weighted by Crippen LogP contribution is -2.12. The number of amides is 1. The number of aryl methyl sites for hydroxylation is 1. The van der Waals surface area contributed by atoms with Gasteiger partial charge in [-0.1, -0.05) is 54.1 Å². The van der Waals surface area contributed by atoms with Gasteiger partial charge in [0.15, 0.2) is 5.82 Å². The van der Waals surface area contributed by atoms with Crippen LogP contribution in [0.5, 0.6) is 0 Å². The normalized spacial score (nSPS) is 10.4. The third-order valence-corrected chi connectivity index (χ3v) is 4.39. The van der Waals surface area contributed by atoms with Crippen molar-refractivity contribution in [3.63, 3.8) is 0 Å². The molecule has 0 atom stereocenters. The molecule has 3 aromatic carbocycles. The number of aromatic nitrogens is 2. The van der Waals surface area contributed by atoms with E-state index in [-0.39, 0.29) is 5.91 Å². The highest BCUT2D eigenvalue weighted by Gasteiger charge is 2.08. The van der Waals surface area contributed by atoms with Gasteiger partial charge in [0.05, 0.1) is 0 Å². The van der Waals surface area contributed by atoms with E-state index in [1.165, 1.54) is 0 Å². The van der Waals surface area contributed by atoms with Gasteiger partial charge in [-0.05, 0) is 43.3 Å². The summed E-state index contributed by atoms with van der Waals surface area (Å²) in [6, 6.07) is 26.6. The molecule has 1 aromatic heterocycles. The van der Waals surface area contributed by atoms with Crippen molar-refractivity contribution < 1.29 is 4.79 Å². The molecule has 0 saturated carbocycles. The van der Waals surface area contributed by atoms with Crippen molar-refractivity contribution in [3.8, 4) is 11.4 Å². The van der Waals surface area contributed by atoms with Crippen molar-refractivity contribution in [1.29, 1.82) is 0 Å². The van der Waals surface area contributed by atoms with E-state index in [1.807, 2.05) is 73.7 Å². The van der Waals surface area contributed by atoms with E-state index in [4.69, 9.17) is 0 Å². The Morgan fingerprint density at radius 3 is 2.41 bits per heavy atom. The van der Waals surface area contributed by atoms with Gasteiger partial charge in [-0.2, -0.15) is 0 Å². The Balaban J connectivity index is 1.50. The van der Waals surface area contributed by atoms with E-state index in [0.717, 1.165) is 22.5 Å². The highest BCUT2D eigenvalue weighted by Crippen LogP contribution is 2.20. The number of nitrogens with one attached hydrogen (secondary N) is 2. The van der Waals surface area contributed by atoms with Crippen LogP contribution in [0.15, 0.2) is 91.1 Å². The third kappa shape index (κ3) is 4.65. The summed E-state index contributed by atoms with van der Waals surface area (Å²) in [5.74, 6) is 1.14. The molecule has 142 valence electrons. The Morgan fingerprint density at radius 1 is 0.828 bits per heavy atom. The second kappa shape index (κ2) is 8.35. The standard InChI is InChI=1S/C24H20N4O/c1-17-10-12-20(13-11-17)27-24(29)19-8-5-9-21(16-19)26-22-14-15-25-23(28-22)18-6-3-2-4-7-18/h2-16H,1H3,(H,27,29)(H,25,26,28). The molecule has 0 spiro atoms. The molecule has 0 aliphatic heterocycles. The largest absolute Gasteiger partial charge is 0.340 e. The first kappa shape index (κ1) is 18.4. The number of carbonyl (C=O) groups is 1. The van der Waals surface area contributed by atoms with E-state index in [9.17, 15) is 4.79 Å². The molecule has 0 saturated heterocycles. The molecule has 0 radical (unpaired) electrons. The van der Waals surface area contributed by atoms with E-state index >= 15 is 0 Å². The summed E-state index contributed by atoms with van der Waals surface area (Å²) in [7, 11) is 0. The predicted octanol–water partition coefficient (Wildman–Crippen LogP) is 5.45. The van der Waals surface area contributed by atoms with Gasteiger partial charge in [-0.15, -0.1) is 0 Å². The van der Waals surface area contributed by atoms with Gasteiger partial charge in [0.2, 0.25) is 0 Å². The molecule has 4 rings (SSSR count). The highest BCUT2D eigenvalue weighted by molar-refractivity contribution is 6.04. The molecule has 1 heterocycles. The van der Waals surface area contributed by atoms with E-state index in [1.54, 1.807) is 24.4 Å². The second-order valence-corrected chi connectivity index (χ2v) is 6.66. The molecule has 0 aliphatic carbocycles. The minimum absolute atomic E-state index is 0.162. The Bertz CT molecular complexity index is 1120. The minimum Gasteiger partial charge on any atom is -0.340 e. The molecule has 29 heavy (non-hydrogen) atoms. The smallest absolute Gasteiger partial charge is 0.255 e.